The highest BCUT2D eigenvalue weighted by atomic mass is 16.3. The first-order chi connectivity index (χ1) is 7.95. The van der Waals surface area contributed by atoms with Gasteiger partial charge in [0, 0.05) is 12.6 Å². The van der Waals surface area contributed by atoms with Crippen LogP contribution in [0.3, 0.4) is 0 Å². The van der Waals surface area contributed by atoms with Crippen LogP contribution >= 0.6 is 0 Å². The molecular formula is C14H29NO2. The topological polar surface area (TPSA) is 43.7 Å². The number of aliphatic hydroxyl groups is 2. The van der Waals surface area contributed by atoms with Crippen molar-refractivity contribution in [3.8, 4) is 0 Å². The van der Waals surface area contributed by atoms with Gasteiger partial charge in [-0.3, -0.25) is 0 Å². The first kappa shape index (κ1) is 14.9. The highest BCUT2D eigenvalue weighted by Crippen LogP contribution is 2.34. The molecule has 1 rings (SSSR count). The van der Waals surface area contributed by atoms with Crippen molar-refractivity contribution in [2.75, 3.05) is 20.2 Å². The van der Waals surface area contributed by atoms with Crippen LogP contribution in [0.1, 0.15) is 40.0 Å². The van der Waals surface area contributed by atoms with Gasteiger partial charge in [-0.1, -0.05) is 13.8 Å². The van der Waals surface area contributed by atoms with E-state index < -0.39 is 0 Å². The van der Waals surface area contributed by atoms with Crippen molar-refractivity contribution in [2.24, 2.45) is 17.8 Å². The Kier molecular flexibility index (Phi) is 5.90. The Balaban J connectivity index is 2.49. The normalized spacial score (nSPS) is 32.1. The SMILES string of the molecule is CC(C)C1CCC(O)C(CN(C)C(C)CO)C1. The fourth-order valence-corrected chi connectivity index (χ4v) is 2.78. The molecule has 1 fully saturated rings. The van der Waals surface area contributed by atoms with Crippen molar-refractivity contribution in [3.05, 3.63) is 0 Å². The minimum Gasteiger partial charge on any atom is -0.395 e. The quantitative estimate of drug-likeness (QED) is 0.773. The summed E-state index contributed by atoms with van der Waals surface area (Å²) in [5, 5.41) is 19.2. The second-order valence-electron chi connectivity index (χ2n) is 6.12. The number of nitrogens with zero attached hydrogens (tertiary/aromatic N) is 1. The van der Waals surface area contributed by atoms with E-state index in [-0.39, 0.29) is 18.8 Å². The Hall–Kier alpha value is -0.120. The van der Waals surface area contributed by atoms with Gasteiger partial charge in [-0.05, 0) is 51.0 Å². The van der Waals surface area contributed by atoms with E-state index in [0.29, 0.717) is 11.8 Å². The van der Waals surface area contributed by atoms with E-state index >= 15 is 0 Å². The van der Waals surface area contributed by atoms with Crippen molar-refractivity contribution in [1.29, 1.82) is 0 Å². The second kappa shape index (κ2) is 6.72. The van der Waals surface area contributed by atoms with E-state index in [1.807, 2.05) is 14.0 Å². The van der Waals surface area contributed by atoms with Gasteiger partial charge in [0.15, 0.2) is 0 Å². The van der Waals surface area contributed by atoms with Crippen molar-refractivity contribution in [3.63, 3.8) is 0 Å². The summed E-state index contributed by atoms with van der Waals surface area (Å²) < 4.78 is 0. The van der Waals surface area contributed by atoms with E-state index in [2.05, 4.69) is 18.7 Å². The molecule has 3 heteroatoms. The third kappa shape index (κ3) is 4.23. The molecule has 2 N–H and O–H groups in total. The molecule has 0 spiro atoms. The molecule has 4 unspecified atom stereocenters. The summed E-state index contributed by atoms with van der Waals surface area (Å²) >= 11 is 0. The van der Waals surface area contributed by atoms with Gasteiger partial charge in [0.25, 0.3) is 0 Å². The van der Waals surface area contributed by atoms with Crippen molar-refractivity contribution < 1.29 is 10.2 Å². The molecule has 0 bridgehead atoms. The van der Waals surface area contributed by atoms with E-state index in [9.17, 15) is 5.11 Å². The molecule has 0 heterocycles. The van der Waals surface area contributed by atoms with Crippen LogP contribution in [-0.2, 0) is 0 Å². The van der Waals surface area contributed by atoms with Gasteiger partial charge < -0.3 is 15.1 Å². The van der Waals surface area contributed by atoms with Crippen LogP contribution in [0.2, 0.25) is 0 Å². The molecule has 0 saturated heterocycles. The monoisotopic (exact) mass is 243 g/mol. The standard InChI is InChI=1S/C14H29NO2/c1-10(2)12-5-6-14(17)13(7-12)8-15(4)11(3)9-16/h10-14,16-17H,5-9H2,1-4H3. The van der Waals surface area contributed by atoms with Crippen molar-refractivity contribution in [1.82, 2.24) is 4.90 Å². The molecule has 1 aliphatic rings. The van der Waals surface area contributed by atoms with Crippen LogP contribution in [0.4, 0.5) is 0 Å². The first-order valence-electron chi connectivity index (χ1n) is 6.94. The van der Waals surface area contributed by atoms with Crippen LogP contribution < -0.4 is 0 Å². The lowest BCUT2D eigenvalue weighted by Gasteiger charge is -2.38. The smallest absolute Gasteiger partial charge is 0.0584 e. The summed E-state index contributed by atoms with van der Waals surface area (Å²) in [7, 11) is 2.03. The zero-order chi connectivity index (χ0) is 13.0. The van der Waals surface area contributed by atoms with E-state index in [4.69, 9.17) is 5.11 Å². The van der Waals surface area contributed by atoms with Gasteiger partial charge in [0.2, 0.25) is 0 Å². The average Bonchev–Trinajstić information content (AvgIpc) is 2.30. The molecule has 0 amide bonds. The van der Waals surface area contributed by atoms with E-state index in [1.165, 1.54) is 0 Å². The van der Waals surface area contributed by atoms with Gasteiger partial charge in [0.05, 0.1) is 12.7 Å². The van der Waals surface area contributed by atoms with Crippen LogP contribution in [0.15, 0.2) is 0 Å². The zero-order valence-corrected chi connectivity index (χ0v) is 11.8. The summed E-state index contributed by atoms with van der Waals surface area (Å²) in [6, 6.07) is 0.182. The zero-order valence-electron chi connectivity index (χ0n) is 11.8. The maximum absolute atomic E-state index is 10.1. The Morgan fingerprint density at radius 3 is 2.41 bits per heavy atom. The lowest BCUT2D eigenvalue weighted by Crippen LogP contribution is -2.42. The Morgan fingerprint density at radius 2 is 1.88 bits per heavy atom. The molecule has 0 aromatic heterocycles. The predicted molar refractivity (Wildman–Crippen MR) is 70.9 cm³/mol. The molecule has 0 aromatic rings. The Bertz CT molecular complexity index is 220. The molecule has 0 radical (unpaired) electrons. The minimum atomic E-state index is -0.154. The van der Waals surface area contributed by atoms with Crippen molar-refractivity contribution >= 4 is 0 Å². The van der Waals surface area contributed by atoms with Crippen LogP contribution in [0.5, 0.6) is 0 Å². The van der Waals surface area contributed by atoms with Gasteiger partial charge in [0.1, 0.15) is 0 Å². The maximum Gasteiger partial charge on any atom is 0.0584 e. The lowest BCUT2D eigenvalue weighted by atomic mass is 9.74. The van der Waals surface area contributed by atoms with Gasteiger partial charge >= 0.3 is 0 Å². The molecular weight excluding hydrogens is 214 g/mol. The van der Waals surface area contributed by atoms with Crippen LogP contribution in [0, 0.1) is 17.8 Å². The van der Waals surface area contributed by atoms with Crippen molar-refractivity contribution in [2.45, 2.75) is 52.2 Å². The van der Waals surface area contributed by atoms with Gasteiger partial charge in [-0.2, -0.15) is 0 Å². The predicted octanol–water partition coefficient (Wildman–Crippen LogP) is 1.73. The fourth-order valence-electron chi connectivity index (χ4n) is 2.78. The number of aliphatic hydroxyl groups excluding tert-OH is 2. The summed E-state index contributed by atoms with van der Waals surface area (Å²) in [5.74, 6) is 1.84. The molecule has 0 aromatic carbocycles. The third-order valence-electron chi connectivity index (χ3n) is 4.46. The molecule has 4 atom stereocenters. The third-order valence-corrected chi connectivity index (χ3v) is 4.46. The molecule has 1 saturated carbocycles. The summed E-state index contributed by atoms with van der Waals surface area (Å²) in [6.45, 7) is 7.66. The fraction of sp³-hybridized carbons (Fsp3) is 1.00. The summed E-state index contributed by atoms with van der Waals surface area (Å²) in [6.07, 6.45) is 3.07. The van der Waals surface area contributed by atoms with E-state index in [0.717, 1.165) is 31.7 Å². The van der Waals surface area contributed by atoms with Crippen LogP contribution in [0.25, 0.3) is 0 Å². The first-order valence-corrected chi connectivity index (χ1v) is 6.94. The maximum atomic E-state index is 10.1. The molecule has 17 heavy (non-hydrogen) atoms. The van der Waals surface area contributed by atoms with Crippen LogP contribution in [-0.4, -0.2) is 47.5 Å². The number of rotatable bonds is 5. The van der Waals surface area contributed by atoms with Gasteiger partial charge in [-0.15, -0.1) is 0 Å². The highest BCUT2D eigenvalue weighted by molar-refractivity contribution is 4.83. The second-order valence-corrected chi connectivity index (χ2v) is 6.12. The Labute approximate surface area is 106 Å². The lowest BCUT2D eigenvalue weighted by molar-refractivity contribution is 0.0129. The van der Waals surface area contributed by atoms with E-state index in [1.54, 1.807) is 0 Å². The summed E-state index contributed by atoms with van der Waals surface area (Å²) in [5.41, 5.74) is 0. The average molecular weight is 243 g/mol. The summed E-state index contributed by atoms with van der Waals surface area (Å²) in [4.78, 5) is 2.16. The highest BCUT2D eigenvalue weighted by Gasteiger charge is 2.31. The Morgan fingerprint density at radius 1 is 1.24 bits per heavy atom. The molecule has 1 aliphatic carbocycles. The van der Waals surface area contributed by atoms with Gasteiger partial charge in [-0.25, -0.2) is 0 Å². The molecule has 3 nitrogen and oxygen atoms in total. The molecule has 102 valence electrons. The molecule has 0 aliphatic heterocycles. The minimum absolute atomic E-state index is 0.154. The number of likely N-dealkylation sites (N-methyl/N-ethyl adjacent to an activating group) is 1. The number of hydrogen-bond acceptors (Lipinski definition) is 3. The number of hydrogen-bond donors (Lipinski definition) is 2. The largest absolute Gasteiger partial charge is 0.395 e.